The minimum Gasteiger partial charge on any atom is -0.508 e. The van der Waals surface area contributed by atoms with Crippen molar-refractivity contribution in [3.8, 4) is 5.75 Å². The summed E-state index contributed by atoms with van der Waals surface area (Å²) in [4.78, 5) is 27.4. The Balaban J connectivity index is 1.56. The number of thioether (sulfide) groups is 1. The SMILES string of the molecule is O=C1C(CCSc2ccc(O)cc2)C(=O)N(c2ccccc2)N1c1ccccc1. The Morgan fingerprint density at radius 1 is 0.724 bits per heavy atom. The number of hydrogen-bond acceptors (Lipinski definition) is 4. The Hall–Kier alpha value is -3.25. The highest BCUT2D eigenvalue weighted by Gasteiger charge is 2.46. The van der Waals surface area contributed by atoms with Gasteiger partial charge in [-0.05, 0) is 60.7 Å². The first-order chi connectivity index (χ1) is 14.1. The minimum absolute atomic E-state index is 0.212. The minimum atomic E-state index is -0.722. The van der Waals surface area contributed by atoms with Gasteiger partial charge in [0.25, 0.3) is 11.8 Å². The molecule has 0 saturated carbocycles. The van der Waals surface area contributed by atoms with Crippen LogP contribution in [0.1, 0.15) is 6.42 Å². The van der Waals surface area contributed by atoms with Crippen LogP contribution in [0.5, 0.6) is 5.75 Å². The van der Waals surface area contributed by atoms with Crippen molar-refractivity contribution < 1.29 is 14.7 Å². The number of phenols is 1. The van der Waals surface area contributed by atoms with Crippen LogP contribution in [0.2, 0.25) is 0 Å². The van der Waals surface area contributed by atoms with Crippen molar-refractivity contribution in [2.24, 2.45) is 5.92 Å². The van der Waals surface area contributed by atoms with Crippen LogP contribution in [-0.2, 0) is 9.59 Å². The van der Waals surface area contributed by atoms with E-state index >= 15 is 0 Å². The highest BCUT2D eigenvalue weighted by atomic mass is 32.2. The molecule has 0 aromatic heterocycles. The van der Waals surface area contributed by atoms with Crippen molar-refractivity contribution in [3.05, 3.63) is 84.9 Å². The second kappa shape index (κ2) is 8.41. The molecule has 2 amide bonds. The fourth-order valence-corrected chi connectivity index (χ4v) is 4.22. The van der Waals surface area contributed by atoms with E-state index in [-0.39, 0.29) is 17.6 Å². The molecule has 1 aliphatic heterocycles. The molecule has 1 fully saturated rings. The summed E-state index contributed by atoms with van der Waals surface area (Å²) in [5.74, 6) is -0.307. The summed E-state index contributed by atoms with van der Waals surface area (Å²) in [6, 6.07) is 25.4. The molecule has 1 heterocycles. The average Bonchev–Trinajstić information content (AvgIpc) is 3.01. The van der Waals surface area contributed by atoms with Gasteiger partial charge < -0.3 is 5.11 Å². The molecule has 1 saturated heterocycles. The summed E-state index contributed by atoms with van der Waals surface area (Å²) in [6.45, 7) is 0. The van der Waals surface area contributed by atoms with Crippen molar-refractivity contribution in [1.82, 2.24) is 0 Å². The van der Waals surface area contributed by atoms with Crippen molar-refractivity contribution in [2.75, 3.05) is 15.8 Å². The molecule has 1 N–H and O–H groups in total. The number of carbonyl (C=O) groups is 2. The molecule has 29 heavy (non-hydrogen) atoms. The number of anilines is 2. The van der Waals surface area contributed by atoms with Gasteiger partial charge in [0, 0.05) is 4.90 Å². The van der Waals surface area contributed by atoms with Crippen LogP contribution >= 0.6 is 11.8 Å². The zero-order chi connectivity index (χ0) is 20.2. The largest absolute Gasteiger partial charge is 0.508 e. The first kappa shape index (κ1) is 19.1. The smallest absolute Gasteiger partial charge is 0.258 e. The summed E-state index contributed by atoms with van der Waals surface area (Å²) < 4.78 is 0. The zero-order valence-electron chi connectivity index (χ0n) is 15.6. The highest BCUT2D eigenvalue weighted by molar-refractivity contribution is 7.99. The molecule has 3 aromatic rings. The lowest BCUT2D eigenvalue weighted by molar-refractivity contribution is -0.127. The lowest BCUT2D eigenvalue weighted by Crippen LogP contribution is -2.41. The van der Waals surface area contributed by atoms with Crippen LogP contribution in [-0.4, -0.2) is 22.7 Å². The van der Waals surface area contributed by atoms with E-state index in [1.165, 1.54) is 10.0 Å². The van der Waals surface area contributed by atoms with E-state index in [0.717, 1.165) is 4.90 Å². The molecule has 0 radical (unpaired) electrons. The van der Waals surface area contributed by atoms with Crippen molar-refractivity contribution in [1.29, 1.82) is 0 Å². The second-order valence-electron chi connectivity index (χ2n) is 6.65. The number of benzene rings is 3. The molecule has 4 rings (SSSR count). The van der Waals surface area contributed by atoms with E-state index < -0.39 is 5.92 Å². The van der Waals surface area contributed by atoms with Crippen LogP contribution in [0, 0.1) is 5.92 Å². The van der Waals surface area contributed by atoms with Gasteiger partial charge in [-0.1, -0.05) is 36.4 Å². The fourth-order valence-electron chi connectivity index (χ4n) is 3.31. The molecule has 0 spiro atoms. The van der Waals surface area contributed by atoms with Gasteiger partial charge in [0.05, 0.1) is 11.4 Å². The number of carbonyl (C=O) groups excluding carboxylic acids is 2. The molecule has 146 valence electrons. The van der Waals surface area contributed by atoms with E-state index in [0.29, 0.717) is 23.5 Å². The third kappa shape index (κ3) is 3.98. The first-order valence-corrected chi connectivity index (χ1v) is 10.3. The van der Waals surface area contributed by atoms with Crippen molar-refractivity contribution in [3.63, 3.8) is 0 Å². The van der Waals surface area contributed by atoms with E-state index in [9.17, 15) is 14.7 Å². The predicted octanol–water partition coefficient (Wildman–Crippen LogP) is 4.49. The van der Waals surface area contributed by atoms with E-state index in [2.05, 4.69) is 0 Å². The second-order valence-corrected chi connectivity index (χ2v) is 7.82. The Bertz CT molecular complexity index is 936. The first-order valence-electron chi connectivity index (χ1n) is 9.35. The molecular weight excluding hydrogens is 384 g/mol. The summed E-state index contributed by atoms with van der Waals surface area (Å²) in [5.41, 5.74) is 1.34. The quantitative estimate of drug-likeness (QED) is 0.486. The van der Waals surface area contributed by atoms with Gasteiger partial charge >= 0.3 is 0 Å². The molecule has 5 nitrogen and oxygen atoms in total. The maximum Gasteiger partial charge on any atom is 0.258 e. The number of rotatable bonds is 6. The molecule has 0 aliphatic carbocycles. The number of phenolic OH excluding ortho intramolecular Hbond substituents is 1. The van der Waals surface area contributed by atoms with Gasteiger partial charge in [0.1, 0.15) is 11.7 Å². The predicted molar refractivity (Wildman–Crippen MR) is 115 cm³/mol. The normalized spacial score (nSPS) is 14.6. The maximum atomic E-state index is 13.2. The molecule has 0 atom stereocenters. The lowest BCUT2D eigenvalue weighted by Gasteiger charge is -2.27. The van der Waals surface area contributed by atoms with Gasteiger partial charge in [-0.2, -0.15) is 0 Å². The number of aromatic hydroxyl groups is 1. The number of hydrogen-bond donors (Lipinski definition) is 1. The summed E-state index contributed by atoms with van der Waals surface area (Å²) in [7, 11) is 0. The molecule has 6 heteroatoms. The number of hydrazine groups is 1. The Labute approximate surface area is 173 Å². The molecule has 0 bridgehead atoms. The standard InChI is InChI=1S/C23H20N2O3S/c26-19-11-13-20(14-12-19)29-16-15-21-22(27)24(17-7-3-1-4-8-17)25(23(21)28)18-9-5-2-6-10-18/h1-14,21,26H,15-16H2. The monoisotopic (exact) mass is 404 g/mol. The van der Waals surface area contributed by atoms with Crippen molar-refractivity contribution >= 4 is 35.0 Å². The van der Waals surface area contributed by atoms with Gasteiger partial charge in [-0.25, -0.2) is 10.0 Å². The van der Waals surface area contributed by atoms with Crippen LogP contribution < -0.4 is 10.0 Å². The van der Waals surface area contributed by atoms with Gasteiger partial charge in [-0.15, -0.1) is 11.8 Å². The van der Waals surface area contributed by atoms with Gasteiger partial charge in [-0.3, -0.25) is 9.59 Å². The van der Waals surface area contributed by atoms with Crippen LogP contribution in [0.25, 0.3) is 0 Å². The highest BCUT2D eigenvalue weighted by Crippen LogP contribution is 2.34. The Morgan fingerprint density at radius 3 is 1.69 bits per heavy atom. The van der Waals surface area contributed by atoms with Gasteiger partial charge in [0.2, 0.25) is 0 Å². The van der Waals surface area contributed by atoms with Crippen molar-refractivity contribution in [2.45, 2.75) is 11.3 Å². The molecule has 1 aliphatic rings. The Morgan fingerprint density at radius 2 is 1.21 bits per heavy atom. The zero-order valence-corrected chi connectivity index (χ0v) is 16.5. The van der Waals surface area contributed by atoms with Crippen LogP contribution in [0.15, 0.2) is 89.8 Å². The number of nitrogens with zero attached hydrogens (tertiary/aromatic N) is 2. The molecule has 3 aromatic carbocycles. The van der Waals surface area contributed by atoms with Crippen LogP contribution in [0.4, 0.5) is 11.4 Å². The van der Waals surface area contributed by atoms with E-state index in [4.69, 9.17) is 0 Å². The molecular formula is C23H20N2O3S. The summed E-state index contributed by atoms with van der Waals surface area (Å²) in [5, 5.41) is 12.3. The number of para-hydroxylation sites is 2. The Kier molecular flexibility index (Phi) is 5.53. The lowest BCUT2D eigenvalue weighted by atomic mass is 10.1. The van der Waals surface area contributed by atoms with Gasteiger partial charge in [0.15, 0.2) is 0 Å². The summed E-state index contributed by atoms with van der Waals surface area (Å²) in [6.07, 6.45) is 0.440. The summed E-state index contributed by atoms with van der Waals surface area (Å²) >= 11 is 1.56. The van der Waals surface area contributed by atoms with E-state index in [1.807, 2.05) is 72.8 Å². The molecule has 0 unspecified atom stereocenters. The maximum absolute atomic E-state index is 13.2. The van der Waals surface area contributed by atoms with Crippen LogP contribution in [0.3, 0.4) is 0 Å². The topological polar surface area (TPSA) is 60.9 Å². The fraction of sp³-hybridized carbons (Fsp3) is 0.130. The third-order valence-electron chi connectivity index (χ3n) is 4.73. The van der Waals surface area contributed by atoms with E-state index in [1.54, 1.807) is 23.9 Å². The average molecular weight is 404 g/mol. The third-order valence-corrected chi connectivity index (χ3v) is 5.77. The number of amides is 2.